The number of aryl methyl sites for hydroxylation is 2. The van der Waals surface area contributed by atoms with Crippen molar-refractivity contribution in [3.8, 4) is 5.75 Å². The highest BCUT2D eigenvalue weighted by Gasteiger charge is 2.13. The van der Waals surface area contributed by atoms with Gasteiger partial charge in [-0.05, 0) is 38.5 Å². The highest BCUT2D eigenvalue weighted by Crippen LogP contribution is 2.17. The zero-order valence-electron chi connectivity index (χ0n) is 14.6. The van der Waals surface area contributed by atoms with Crippen LogP contribution in [0.5, 0.6) is 5.75 Å². The second-order valence-electron chi connectivity index (χ2n) is 5.69. The minimum Gasteiger partial charge on any atom is -0.471 e. The van der Waals surface area contributed by atoms with Gasteiger partial charge in [-0.3, -0.25) is 9.48 Å². The molecule has 0 aliphatic rings. The number of benzene rings is 1. The van der Waals surface area contributed by atoms with Gasteiger partial charge in [0.2, 0.25) is 0 Å². The number of ether oxygens (including phenoxy) is 1. The van der Waals surface area contributed by atoms with Crippen LogP contribution in [0, 0.1) is 13.8 Å². The zero-order chi connectivity index (χ0) is 17.8. The third-order valence-electron chi connectivity index (χ3n) is 3.97. The molecule has 0 spiro atoms. The number of amides is 1. The fraction of sp³-hybridized carbons (Fsp3) is 0.278. The fourth-order valence-electron chi connectivity index (χ4n) is 2.48. The summed E-state index contributed by atoms with van der Waals surface area (Å²) in [6, 6.07) is 9.43. The van der Waals surface area contributed by atoms with Crippen LogP contribution < -0.4 is 10.1 Å². The van der Waals surface area contributed by atoms with E-state index in [0.29, 0.717) is 11.4 Å². The monoisotopic (exact) mass is 339 g/mol. The molecule has 1 amide bonds. The minimum absolute atomic E-state index is 0.241. The molecule has 0 aliphatic heterocycles. The Labute approximate surface area is 146 Å². The van der Waals surface area contributed by atoms with Crippen LogP contribution in [0.2, 0.25) is 0 Å². The largest absolute Gasteiger partial charge is 0.471 e. The lowest BCUT2D eigenvalue weighted by atomic mass is 10.2. The summed E-state index contributed by atoms with van der Waals surface area (Å²) in [5.74, 6) is 0.528. The quantitative estimate of drug-likeness (QED) is 0.749. The molecule has 0 radical (unpaired) electrons. The van der Waals surface area contributed by atoms with E-state index in [1.165, 1.54) is 0 Å². The highest BCUT2D eigenvalue weighted by molar-refractivity contribution is 6.03. The summed E-state index contributed by atoms with van der Waals surface area (Å²) in [6.07, 6.45) is 3.37. The van der Waals surface area contributed by atoms with Gasteiger partial charge < -0.3 is 10.1 Å². The van der Waals surface area contributed by atoms with Crippen LogP contribution in [0.15, 0.2) is 42.7 Å². The number of hydrogen-bond donors (Lipinski definition) is 1. The molecular weight excluding hydrogens is 318 g/mol. The number of anilines is 1. The minimum atomic E-state index is -0.270. The van der Waals surface area contributed by atoms with Crippen molar-refractivity contribution in [2.75, 3.05) is 5.32 Å². The lowest BCUT2D eigenvalue weighted by Crippen LogP contribution is -2.15. The molecule has 7 heteroatoms. The number of carbonyl (C=O) groups is 1. The van der Waals surface area contributed by atoms with Crippen molar-refractivity contribution in [3.05, 3.63) is 59.7 Å². The number of rotatable bonds is 6. The summed E-state index contributed by atoms with van der Waals surface area (Å²) in [4.78, 5) is 12.3. The molecule has 2 heterocycles. The molecule has 25 heavy (non-hydrogen) atoms. The Hall–Kier alpha value is -3.09. The second kappa shape index (κ2) is 7.21. The molecule has 0 unspecified atom stereocenters. The van der Waals surface area contributed by atoms with Crippen molar-refractivity contribution in [2.24, 2.45) is 0 Å². The first kappa shape index (κ1) is 16.8. The van der Waals surface area contributed by atoms with Crippen LogP contribution in [0.1, 0.15) is 28.7 Å². The lowest BCUT2D eigenvalue weighted by Gasteiger charge is -2.08. The van der Waals surface area contributed by atoms with E-state index in [0.717, 1.165) is 23.6 Å². The van der Waals surface area contributed by atoms with Crippen molar-refractivity contribution in [1.82, 2.24) is 19.6 Å². The first-order valence-electron chi connectivity index (χ1n) is 8.14. The topological polar surface area (TPSA) is 74.0 Å². The molecule has 0 bridgehead atoms. The van der Waals surface area contributed by atoms with Gasteiger partial charge in [0.1, 0.15) is 5.75 Å². The molecular formula is C18H21N5O2. The molecule has 0 saturated carbocycles. The van der Waals surface area contributed by atoms with Gasteiger partial charge >= 0.3 is 0 Å². The van der Waals surface area contributed by atoms with Gasteiger partial charge in [0.05, 0.1) is 17.6 Å². The smallest absolute Gasteiger partial charge is 0.276 e. The van der Waals surface area contributed by atoms with Gasteiger partial charge in [-0.15, -0.1) is 0 Å². The molecule has 0 saturated heterocycles. The van der Waals surface area contributed by atoms with Crippen molar-refractivity contribution in [2.45, 2.75) is 34.0 Å². The Balaban J connectivity index is 1.63. The van der Waals surface area contributed by atoms with E-state index >= 15 is 0 Å². The predicted molar refractivity (Wildman–Crippen MR) is 94.6 cm³/mol. The average Bonchev–Trinajstić information content (AvgIpc) is 3.22. The number of nitrogens with zero attached hydrogens (tertiary/aromatic N) is 4. The van der Waals surface area contributed by atoms with E-state index in [2.05, 4.69) is 15.5 Å². The first-order valence-corrected chi connectivity index (χ1v) is 8.14. The Bertz CT molecular complexity index is 881. The van der Waals surface area contributed by atoms with Crippen LogP contribution in [-0.2, 0) is 13.3 Å². The molecule has 7 nitrogen and oxygen atoms in total. The molecule has 0 aliphatic carbocycles. The van der Waals surface area contributed by atoms with Crippen LogP contribution in [0.4, 0.5) is 5.69 Å². The zero-order valence-corrected chi connectivity index (χ0v) is 14.6. The summed E-state index contributed by atoms with van der Waals surface area (Å²) in [5.41, 5.74) is 2.99. The maximum absolute atomic E-state index is 12.3. The molecule has 1 N–H and O–H groups in total. The lowest BCUT2D eigenvalue weighted by molar-refractivity contribution is 0.102. The van der Waals surface area contributed by atoms with Gasteiger partial charge in [-0.2, -0.15) is 10.2 Å². The van der Waals surface area contributed by atoms with Gasteiger partial charge in [-0.25, -0.2) is 4.68 Å². The number of hydrogen-bond acceptors (Lipinski definition) is 4. The highest BCUT2D eigenvalue weighted by atomic mass is 16.5. The number of para-hydroxylation sites is 1. The maximum atomic E-state index is 12.3. The van der Waals surface area contributed by atoms with Crippen molar-refractivity contribution in [3.63, 3.8) is 0 Å². The van der Waals surface area contributed by atoms with E-state index in [1.807, 2.05) is 49.7 Å². The number of carbonyl (C=O) groups excluding carboxylic acids is 1. The van der Waals surface area contributed by atoms with Gasteiger partial charge in [-0.1, -0.05) is 18.2 Å². The van der Waals surface area contributed by atoms with Crippen LogP contribution >= 0.6 is 0 Å². The van der Waals surface area contributed by atoms with E-state index in [4.69, 9.17) is 4.74 Å². The summed E-state index contributed by atoms with van der Waals surface area (Å²) in [6.45, 7) is 6.90. The van der Waals surface area contributed by atoms with Crippen molar-refractivity contribution >= 4 is 11.6 Å². The third-order valence-corrected chi connectivity index (χ3v) is 3.97. The predicted octanol–water partition coefficient (Wildman–Crippen LogP) is 3.01. The molecule has 0 atom stereocenters. The Morgan fingerprint density at radius 2 is 2.04 bits per heavy atom. The van der Waals surface area contributed by atoms with E-state index < -0.39 is 0 Å². The Kier molecular flexibility index (Phi) is 4.83. The molecule has 3 aromatic rings. The van der Waals surface area contributed by atoms with Crippen LogP contribution in [-0.4, -0.2) is 25.5 Å². The van der Waals surface area contributed by atoms with Gasteiger partial charge in [0.25, 0.3) is 5.91 Å². The average molecular weight is 339 g/mol. The number of aromatic nitrogens is 4. The van der Waals surface area contributed by atoms with E-state index in [-0.39, 0.29) is 12.6 Å². The molecule has 130 valence electrons. The van der Waals surface area contributed by atoms with Crippen molar-refractivity contribution < 1.29 is 9.53 Å². The fourth-order valence-corrected chi connectivity index (χ4v) is 2.48. The van der Waals surface area contributed by atoms with Crippen LogP contribution in [0.3, 0.4) is 0 Å². The molecule has 2 aromatic heterocycles. The second-order valence-corrected chi connectivity index (χ2v) is 5.69. The normalized spacial score (nSPS) is 10.7. The van der Waals surface area contributed by atoms with Crippen LogP contribution in [0.25, 0.3) is 0 Å². The first-order chi connectivity index (χ1) is 12.1. The Morgan fingerprint density at radius 1 is 1.24 bits per heavy atom. The van der Waals surface area contributed by atoms with Gasteiger partial charge in [0.15, 0.2) is 12.4 Å². The molecule has 0 fully saturated rings. The standard InChI is InChI=1S/C18H21N5O2/c1-4-23-14(3)16(11-19-23)20-18(24)15-9-10-22(21-15)12-25-17-8-6-5-7-13(17)2/h5-11H,4,12H2,1-3H3,(H,20,24). The van der Waals surface area contributed by atoms with Gasteiger partial charge in [0, 0.05) is 12.7 Å². The SMILES string of the molecule is CCn1ncc(NC(=O)c2ccn(COc3ccccc3C)n2)c1C. The number of nitrogens with one attached hydrogen (secondary N) is 1. The van der Waals surface area contributed by atoms with E-state index in [9.17, 15) is 4.79 Å². The maximum Gasteiger partial charge on any atom is 0.276 e. The third kappa shape index (κ3) is 3.71. The summed E-state index contributed by atoms with van der Waals surface area (Å²) in [5, 5.41) is 11.3. The Morgan fingerprint density at radius 3 is 2.76 bits per heavy atom. The molecule has 3 rings (SSSR count). The molecule has 1 aromatic carbocycles. The summed E-state index contributed by atoms with van der Waals surface area (Å²) >= 11 is 0. The van der Waals surface area contributed by atoms with E-state index in [1.54, 1.807) is 23.1 Å². The summed E-state index contributed by atoms with van der Waals surface area (Å²) in [7, 11) is 0. The summed E-state index contributed by atoms with van der Waals surface area (Å²) < 4.78 is 9.14. The van der Waals surface area contributed by atoms with Crippen molar-refractivity contribution in [1.29, 1.82) is 0 Å².